The van der Waals surface area contributed by atoms with Gasteiger partial charge in [0.25, 0.3) is 0 Å². The highest BCUT2D eigenvalue weighted by Gasteiger charge is 2.12. The van der Waals surface area contributed by atoms with Gasteiger partial charge in [0.2, 0.25) is 5.95 Å². The number of hydrogen-bond donors (Lipinski definition) is 1. The molecule has 0 fully saturated rings. The number of nitrogens with two attached hydrogens (primary N) is 1. The summed E-state index contributed by atoms with van der Waals surface area (Å²) >= 11 is 5.76. The van der Waals surface area contributed by atoms with Crippen LogP contribution in [0.4, 0.5) is 10.3 Å². The number of ether oxygens (including phenoxy) is 1. The van der Waals surface area contributed by atoms with Crippen molar-refractivity contribution in [3.8, 4) is 5.75 Å². The van der Waals surface area contributed by atoms with E-state index in [2.05, 4.69) is 4.98 Å². The summed E-state index contributed by atoms with van der Waals surface area (Å²) in [4.78, 5) is 4.21. The Balaban J connectivity index is 2.03. The van der Waals surface area contributed by atoms with Crippen LogP contribution in [0.25, 0.3) is 11.0 Å². The summed E-state index contributed by atoms with van der Waals surface area (Å²) in [7, 11) is 1.61. The molecule has 0 aliphatic carbocycles. The molecule has 0 radical (unpaired) electrons. The van der Waals surface area contributed by atoms with E-state index in [0.29, 0.717) is 23.5 Å². The van der Waals surface area contributed by atoms with E-state index in [9.17, 15) is 4.39 Å². The molecule has 0 atom stereocenters. The summed E-state index contributed by atoms with van der Waals surface area (Å²) in [5.41, 5.74) is 8.12. The van der Waals surface area contributed by atoms with Crippen molar-refractivity contribution in [2.24, 2.45) is 0 Å². The average Bonchev–Trinajstić information content (AvgIpc) is 2.76. The van der Waals surface area contributed by atoms with Crippen molar-refractivity contribution in [3.63, 3.8) is 0 Å². The van der Waals surface area contributed by atoms with Crippen LogP contribution in [0.5, 0.6) is 5.75 Å². The molecule has 0 saturated carbocycles. The zero-order chi connectivity index (χ0) is 15.0. The fourth-order valence-corrected chi connectivity index (χ4v) is 2.38. The van der Waals surface area contributed by atoms with E-state index < -0.39 is 5.82 Å². The van der Waals surface area contributed by atoms with Crippen LogP contribution in [0, 0.1) is 5.82 Å². The number of nitrogens with zero attached hydrogens (tertiary/aromatic N) is 2. The van der Waals surface area contributed by atoms with E-state index in [-0.39, 0.29) is 5.02 Å². The molecule has 2 N–H and O–H groups in total. The average molecular weight is 306 g/mol. The van der Waals surface area contributed by atoms with Gasteiger partial charge in [0.05, 0.1) is 29.7 Å². The smallest absolute Gasteiger partial charge is 0.201 e. The SMILES string of the molecule is COc1ccc(Cn2c(N)nc3cc(Cl)c(F)cc32)cc1. The minimum absolute atomic E-state index is 0.0385. The number of fused-ring (bicyclic) bond motifs is 1. The van der Waals surface area contributed by atoms with Crippen LogP contribution < -0.4 is 10.5 Å². The van der Waals surface area contributed by atoms with Gasteiger partial charge in [0.15, 0.2) is 0 Å². The lowest BCUT2D eigenvalue weighted by atomic mass is 10.2. The molecule has 0 spiro atoms. The molecule has 1 aromatic heterocycles. The predicted octanol–water partition coefficient (Wildman–Crippen LogP) is 3.47. The Morgan fingerprint density at radius 2 is 2.00 bits per heavy atom. The normalized spacial score (nSPS) is 11.0. The van der Waals surface area contributed by atoms with Crippen molar-refractivity contribution in [2.45, 2.75) is 6.54 Å². The number of imidazole rings is 1. The van der Waals surface area contributed by atoms with Gasteiger partial charge < -0.3 is 15.0 Å². The number of hydrogen-bond acceptors (Lipinski definition) is 3. The lowest BCUT2D eigenvalue weighted by molar-refractivity contribution is 0.414. The van der Waals surface area contributed by atoms with Crippen molar-refractivity contribution in [2.75, 3.05) is 12.8 Å². The van der Waals surface area contributed by atoms with E-state index in [1.165, 1.54) is 12.1 Å². The lowest BCUT2D eigenvalue weighted by Gasteiger charge is -2.08. The van der Waals surface area contributed by atoms with Gasteiger partial charge >= 0.3 is 0 Å². The Labute approximate surface area is 125 Å². The summed E-state index contributed by atoms with van der Waals surface area (Å²) < 4.78 is 20.5. The molecule has 0 bridgehead atoms. The molecule has 0 aliphatic heterocycles. The van der Waals surface area contributed by atoms with Gasteiger partial charge in [-0.25, -0.2) is 9.37 Å². The zero-order valence-electron chi connectivity index (χ0n) is 11.3. The first kappa shape index (κ1) is 13.7. The lowest BCUT2D eigenvalue weighted by Crippen LogP contribution is -2.04. The molecule has 1 heterocycles. The predicted molar refractivity (Wildman–Crippen MR) is 81.2 cm³/mol. The summed E-state index contributed by atoms with van der Waals surface area (Å²) in [5, 5.41) is 0.0385. The van der Waals surface area contributed by atoms with Gasteiger partial charge in [-0.1, -0.05) is 23.7 Å². The summed E-state index contributed by atoms with van der Waals surface area (Å²) in [6.07, 6.45) is 0. The van der Waals surface area contributed by atoms with E-state index in [1.54, 1.807) is 11.7 Å². The molecule has 3 aromatic rings. The highest BCUT2D eigenvalue weighted by Crippen LogP contribution is 2.25. The van der Waals surface area contributed by atoms with Crippen LogP contribution in [0.15, 0.2) is 36.4 Å². The van der Waals surface area contributed by atoms with Gasteiger partial charge in [-0.15, -0.1) is 0 Å². The molecule has 4 nitrogen and oxygen atoms in total. The second-order valence-corrected chi connectivity index (χ2v) is 5.07. The van der Waals surface area contributed by atoms with E-state index in [0.717, 1.165) is 11.3 Å². The van der Waals surface area contributed by atoms with Gasteiger partial charge in [-0.05, 0) is 23.8 Å². The number of benzene rings is 2. The number of anilines is 1. The highest BCUT2D eigenvalue weighted by molar-refractivity contribution is 6.31. The molecule has 2 aromatic carbocycles. The number of nitrogen functional groups attached to an aromatic ring is 1. The molecule has 0 amide bonds. The first-order valence-electron chi connectivity index (χ1n) is 6.32. The number of rotatable bonds is 3. The molecule has 0 unspecified atom stereocenters. The molecule has 21 heavy (non-hydrogen) atoms. The Hall–Kier alpha value is -2.27. The third-order valence-electron chi connectivity index (χ3n) is 3.32. The number of halogens is 2. The fraction of sp³-hybridized carbons (Fsp3) is 0.133. The molecule has 0 aliphatic rings. The van der Waals surface area contributed by atoms with Gasteiger partial charge in [0, 0.05) is 6.07 Å². The second kappa shape index (κ2) is 5.26. The topological polar surface area (TPSA) is 53.1 Å². The molecule has 6 heteroatoms. The summed E-state index contributed by atoms with van der Waals surface area (Å²) in [6, 6.07) is 10.4. The zero-order valence-corrected chi connectivity index (χ0v) is 12.1. The first-order chi connectivity index (χ1) is 10.1. The quantitative estimate of drug-likeness (QED) is 0.806. The first-order valence-corrected chi connectivity index (χ1v) is 6.70. The molecule has 0 saturated heterocycles. The molecular weight excluding hydrogens is 293 g/mol. The maximum absolute atomic E-state index is 13.6. The van der Waals surface area contributed by atoms with Crippen LogP contribution >= 0.6 is 11.6 Å². The summed E-state index contributed by atoms with van der Waals surface area (Å²) in [6.45, 7) is 0.493. The second-order valence-electron chi connectivity index (χ2n) is 4.66. The highest BCUT2D eigenvalue weighted by atomic mass is 35.5. The van der Waals surface area contributed by atoms with E-state index in [4.69, 9.17) is 22.1 Å². The minimum Gasteiger partial charge on any atom is -0.497 e. The van der Waals surface area contributed by atoms with Crippen LogP contribution in [0.2, 0.25) is 5.02 Å². The molecular formula is C15H13ClFN3O. The van der Waals surface area contributed by atoms with Crippen LogP contribution in [-0.4, -0.2) is 16.7 Å². The van der Waals surface area contributed by atoms with Crippen LogP contribution in [0.1, 0.15) is 5.56 Å². The number of methoxy groups -OCH3 is 1. The fourth-order valence-electron chi connectivity index (χ4n) is 2.22. The van der Waals surface area contributed by atoms with Crippen molar-refractivity contribution < 1.29 is 9.13 Å². The van der Waals surface area contributed by atoms with Crippen LogP contribution in [0.3, 0.4) is 0 Å². The van der Waals surface area contributed by atoms with Gasteiger partial charge in [-0.2, -0.15) is 0 Å². The monoisotopic (exact) mass is 305 g/mol. The van der Waals surface area contributed by atoms with Crippen molar-refractivity contribution in [1.82, 2.24) is 9.55 Å². The largest absolute Gasteiger partial charge is 0.497 e. The molecule has 108 valence electrons. The minimum atomic E-state index is -0.486. The van der Waals surface area contributed by atoms with Gasteiger partial charge in [0.1, 0.15) is 11.6 Å². The van der Waals surface area contributed by atoms with Crippen molar-refractivity contribution >= 4 is 28.6 Å². The molecule has 3 rings (SSSR count). The number of aromatic nitrogens is 2. The third kappa shape index (κ3) is 2.52. The Morgan fingerprint density at radius 1 is 1.29 bits per heavy atom. The van der Waals surface area contributed by atoms with E-state index in [1.807, 2.05) is 24.3 Å². The van der Waals surface area contributed by atoms with Gasteiger partial charge in [-0.3, -0.25) is 0 Å². The van der Waals surface area contributed by atoms with E-state index >= 15 is 0 Å². The summed E-state index contributed by atoms with van der Waals surface area (Å²) in [5.74, 6) is 0.613. The maximum atomic E-state index is 13.6. The third-order valence-corrected chi connectivity index (χ3v) is 3.61. The Morgan fingerprint density at radius 3 is 2.67 bits per heavy atom. The maximum Gasteiger partial charge on any atom is 0.201 e. The standard InChI is InChI=1S/C15H13ClFN3O/c1-21-10-4-2-9(3-5-10)8-20-14-7-12(17)11(16)6-13(14)19-15(20)18/h2-7H,8H2,1H3,(H2,18,19). The van der Waals surface area contributed by atoms with Crippen LogP contribution in [-0.2, 0) is 6.54 Å². The van der Waals surface area contributed by atoms with Crippen molar-refractivity contribution in [3.05, 3.63) is 52.8 Å². The Bertz CT molecular complexity index is 799. The Kier molecular flexibility index (Phi) is 3.43. The van der Waals surface area contributed by atoms with Crippen molar-refractivity contribution in [1.29, 1.82) is 0 Å².